The number of carbonyl (C=O) groups is 1. The number of aliphatic hydroxyl groups excluding tert-OH is 1. The van der Waals surface area contributed by atoms with Gasteiger partial charge in [-0.1, -0.05) is 20.8 Å². The molecule has 0 aromatic heterocycles. The average Bonchev–Trinajstić information content (AvgIpc) is 3.37. The van der Waals surface area contributed by atoms with Gasteiger partial charge in [0.1, 0.15) is 11.4 Å². The molecule has 0 aromatic carbocycles. The van der Waals surface area contributed by atoms with Gasteiger partial charge in [0.05, 0.1) is 12.2 Å². The van der Waals surface area contributed by atoms with Crippen molar-refractivity contribution in [3.8, 4) is 0 Å². The lowest BCUT2D eigenvalue weighted by Gasteiger charge is -2.58. The van der Waals surface area contributed by atoms with Crippen molar-refractivity contribution in [3.63, 3.8) is 0 Å². The number of rotatable bonds is 0. The molecule has 132 valence electrons. The lowest BCUT2D eigenvalue weighted by atomic mass is 9.44. The largest absolute Gasteiger partial charge is 0.393 e. The first-order valence-corrected chi connectivity index (χ1v) is 10.2. The molecule has 6 fully saturated rings. The number of ketones is 1. The molecule has 1 spiro atoms. The standard InChI is InChI=1S/C21H30O3/c1-10-15-16(10)18(23)19(2)6-5-13-12(17(15)19)8-14-21(24-14)9-11(22)4-7-20(13,21)3/h10-17,22H,4-9H2,1-3H3/t10-,11-,12?,13?,14+,15+,16-,17?,19-,20+,21+/m0/s1. The van der Waals surface area contributed by atoms with Crippen LogP contribution in [0.1, 0.15) is 59.3 Å². The zero-order valence-electron chi connectivity index (χ0n) is 15.1. The second-order valence-electron chi connectivity index (χ2n) is 10.6. The van der Waals surface area contributed by atoms with Crippen molar-refractivity contribution < 1.29 is 14.6 Å². The molecule has 5 saturated carbocycles. The summed E-state index contributed by atoms with van der Waals surface area (Å²) in [6.45, 7) is 7.05. The van der Waals surface area contributed by atoms with Crippen LogP contribution in [-0.4, -0.2) is 28.7 Å². The summed E-state index contributed by atoms with van der Waals surface area (Å²) in [4.78, 5) is 13.0. The summed E-state index contributed by atoms with van der Waals surface area (Å²) in [6.07, 6.45) is 6.50. The van der Waals surface area contributed by atoms with Crippen molar-refractivity contribution in [2.24, 2.45) is 46.3 Å². The molecule has 1 saturated heterocycles. The SMILES string of the molecule is C[C@@H]1[C@@H]2C(=O)[C@@]3(C)CCC4C(C[C@H]5O[C@]56C[C@@H](O)CC[C@]46C)C3[C@H]12. The van der Waals surface area contributed by atoms with Crippen LogP contribution >= 0.6 is 0 Å². The summed E-state index contributed by atoms with van der Waals surface area (Å²) in [6, 6.07) is 0. The Hall–Kier alpha value is -0.410. The second kappa shape index (κ2) is 3.96. The van der Waals surface area contributed by atoms with Gasteiger partial charge in [-0.3, -0.25) is 4.79 Å². The van der Waals surface area contributed by atoms with Gasteiger partial charge in [0, 0.05) is 23.2 Å². The Balaban J connectivity index is 1.41. The fourth-order valence-corrected chi connectivity index (χ4v) is 8.75. The minimum atomic E-state index is -0.172. The predicted octanol–water partition coefficient (Wildman–Crippen LogP) is 3.19. The van der Waals surface area contributed by atoms with Gasteiger partial charge < -0.3 is 9.84 Å². The quantitative estimate of drug-likeness (QED) is 0.694. The molecular formula is C21H30O3. The molecule has 0 amide bonds. The monoisotopic (exact) mass is 330 g/mol. The predicted molar refractivity (Wildman–Crippen MR) is 89.1 cm³/mol. The Kier molecular flexibility index (Phi) is 2.43. The van der Waals surface area contributed by atoms with E-state index in [9.17, 15) is 9.90 Å². The Morgan fingerprint density at radius 3 is 2.79 bits per heavy atom. The minimum Gasteiger partial charge on any atom is -0.393 e. The number of ether oxygens (including phenoxy) is 1. The van der Waals surface area contributed by atoms with Gasteiger partial charge in [-0.15, -0.1) is 0 Å². The fraction of sp³-hybridized carbons (Fsp3) is 0.952. The van der Waals surface area contributed by atoms with E-state index in [1.165, 1.54) is 6.42 Å². The molecule has 3 heteroatoms. The third kappa shape index (κ3) is 1.34. The van der Waals surface area contributed by atoms with Crippen molar-refractivity contribution in [1.82, 2.24) is 0 Å². The van der Waals surface area contributed by atoms with Crippen molar-refractivity contribution in [3.05, 3.63) is 0 Å². The van der Waals surface area contributed by atoms with E-state index in [0.29, 0.717) is 47.4 Å². The summed E-state index contributed by atoms with van der Waals surface area (Å²) < 4.78 is 6.37. The van der Waals surface area contributed by atoms with Gasteiger partial charge in [0.2, 0.25) is 0 Å². The van der Waals surface area contributed by atoms with Crippen LogP contribution < -0.4 is 0 Å². The van der Waals surface area contributed by atoms with Crippen molar-refractivity contribution >= 4 is 5.78 Å². The molecule has 3 nitrogen and oxygen atoms in total. The first-order chi connectivity index (χ1) is 11.3. The van der Waals surface area contributed by atoms with Gasteiger partial charge in [0.25, 0.3) is 0 Å². The molecular weight excluding hydrogens is 300 g/mol. The number of epoxide rings is 1. The maximum Gasteiger partial charge on any atom is 0.142 e. The van der Waals surface area contributed by atoms with Crippen LogP contribution in [0.25, 0.3) is 0 Å². The zero-order chi connectivity index (χ0) is 16.6. The smallest absolute Gasteiger partial charge is 0.142 e. The summed E-state index contributed by atoms with van der Waals surface area (Å²) in [5.74, 6) is 4.25. The minimum absolute atomic E-state index is 0.0310. The summed E-state index contributed by atoms with van der Waals surface area (Å²) >= 11 is 0. The average molecular weight is 330 g/mol. The first kappa shape index (κ1) is 14.7. The third-order valence-corrected chi connectivity index (χ3v) is 10.0. The van der Waals surface area contributed by atoms with E-state index in [4.69, 9.17) is 4.74 Å². The Labute approximate surface area is 144 Å². The number of aliphatic hydroxyl groups is 1. The van der Waals surface area contributed by atoms with Gasteiger partial charge in [-0.25, -0.2) is 0 Å². The molecule has 1 aliphatic heterocycles. The normalized spacial score (nSPS) is 69.1. The molecule has 11 atom stereocenters. The van der Waals surface area contributed by atoms with E-state index in [1.54, 1.807) is 0 Å². The molecule has 6 aliphatic rings. The molecule has 0 bridgehead atoms. The van der Waals surface area contributed by atoms with Crippen LogP contribution in [0.5, 0.6) is 0 Å². The van der Waals surface area contributed by atoms with Crippen LogP contribution in [0.3, 0.4) is 0 Å². The molecule has 1 N–H and O–H groups in total. The Bertz CT molecular complexity index is 645. The van der Waals surface area contributed by atoms with Crippen molar-refractivity contribution in [2.45, 2.75) is 77.1 Å². The summed E-state index contributed by atoms with van der Waals surface area (Å²) in [5, 5.41) is 10.2. The van der Waals surface area contributed by atoms with Crippen LogP contribution in [-0.2, 0) is 9.53 Å². The lowest BCUT2D eigenvalue weighted by molar-refractivity contribution is -0.143. The summed E-state index contributed by atoms with van der Waals surface area (Å²) in [7, 11) is 0. The Morgan fingerprint density at radius 2 is 2.00 bits per heavy atom. The second-order valence-corrected chi connectivity index (χ2v) is 10.6. The highest BCUT2D eigenvalue weighted by molar-refractivity contribution is 5.93. The van der Waals surface area contributed by atoms with Gasteiger partial charge in [0.15, 0.2) is 0 Å². The zero-order valence-corrected chi connectivity index (χ0v) is 15.1. The number of fused-ring (bicyclic) bond motifs is 6. The molecule has 0 radical (unpaired) electrons. The van der Waals surface area contributed by atoms with E-state index < -0.39 is 0 Å². The molecule has 5 aliphatic carbocycles. The van der Waals surface area contributed by atoms with Gasteiger partial charge >= 0.3 is 0 Å². The fourth-order valence-electron chi connectivity index (χ4n) is 8.75. The molecule has 6 rings (SSSR count). The van der Waals surface area contributed by atoms with Crippen LogP contribution in [0, 0.1) is 46.3 Å². The van der Waals surface area contributed by atoms with E-state index in [1.807, 2.05) is 0 Å². The van der Waals surface area contributed by atoms with Crippen LogP contribution in [0.4, 0.5) is 0 Å². The highest BCUT2D eigenvalue weighted by atomic mass is 16.6. The van der Waals surface area contributed by atoms with E-state index >= 15 is 0 Å². The molecule has 1 heterocycles. The van der Waals surface area contributed by atoms with Gasteiger partial charge in [-0.05, 0) is 61.7 Å². The van der Waals surface area contributed by atoms with E-state index in [-0.39, 0.29) is 22.5 Å². The highest BCUT2D eigenvalue weighted by Crippen LogP contribution is 2.77. The lowest BCUT2D eigenvalue weighted by Crippen LogP contribution is -2.59. The first-order valence-electron chi connectivity index (χ1n) is 10.2. The number of carbonyl (C=O) groups excluding carboxylic acids is 1. The Morgan fingerprint density at radius 1 is 1.21 bits per heavy atom. The molecule has 3 unspecified atom stereocenters. The van der Waals surface area contributed by atoms with Crippen LogP contribution in [0.2, 0.25) is 0 Å². The number of Topliss-reactive ketones (excluding diaryl/α,β-unsaturated/α-hetero) is 1. The van der Waals surface area contributed by atoms with E-state index in [0.717, 1.165) is 32.1 Å². The van der Waals surface area contributed by atoms with Gasteiger partial charge in [-0.2, -0.15) is 0 Å². The van der Waals surface area contributed by atoms with E-state index in [2.05, 4.69) is 20.8 Å². The highest BCUT2D eigenvalue weighted by Gasteiger charge is 2.79. The number of hydrogen-bond acceptors (Lipinski definition) is 3. The summed E-state index contributed by atoms with van der Waals surface area (Å²) in [5.41, 5.74) is 0.152. The van der Waals surface area contributed by atoms with Crippen molar-refractivity contribution in [2.75, 3.05) is 0 Å². The molecule has 0 aromatic rings. The van der Waals surface area contributed by atoms with Crippen LogP contribution in [0.15, 0.2) is 0 Å². The topological polar surface area (TPSA) is 49.8 Å². The third-order valence-electron chi connectivity index (χ3n) is 10.0. The maximum atomic E-state index is 13.0. The molecule has 24 heavy (non-hydrogen) atoms. The van der Waals surface area contributed by atoms with Crippen molar-refractivity contribution in [1.29, 1.82) is 0 Å². The maximum absolute atomic E-state index is 13.0. The number of hydrogen-bond donors (Lipinski definition) is 1.